The van der Waals surface area contributed by atoms with Crippen molar-refractivity contribution in [2.24, 2.45) is 0 Å². The van der Waals surface area contributed by atoms with Gasteiger partial charge in [0.15, 0.2) is 0 Å². The van der Waals surface area contributed by atoms with Crippen molar-refractivity contribution in [3.05, 3.63) is 29.4 Å². The highest BCUT2D eigenvalue weighted by Crippen LogP contribution is 2.45. The Morgan fingerprint density at radius 3 is 2.65 bits per heavy atom. The number of nitrogens with one attached hydrogen (secondary N) is 1. The van der Waals surface area contributed by atoms with Crippen LogP contribution in [-0.4, -0.2) is 32.2 Å². The van der Waals surface area contributed by atoms with Crippen molar-refractivity contribution >= 4 is 32.2 Å². The molecule has 4 nitrogen and oxygen atoms in total. The van der Waals surface area contributed by atoms with Crippen LogP contribution in [-0.2, 0) is 6.54 Å². The molecule has 1 N–H and O–H groups in total. The van der Waals surface area contributed by atoms with E-state index in [2.05, 4.69) is 10.3 Å². The summed E-state index contributed by atoms with van der Waals surface area (Å²) in [4.78, 5) is 5.10. The lowest BCUT2D eigenvalue weighted by Crippen LogP contribution is -2.19. The van der Waals surface area contributed by atoms with Crippen LogP contribution in [0.15, 0.2) is 24.5 Å². The molecule has 0 fully saturated rings. The first-order valence-electron chi connectivity index (χ1n) is 7.04. The summed E-state index contributed by atoms with van der Waals surface area (Å²) in [5.74, 6) is 1.48. The molecule has 3 aromatic rings. The van der Waals surface area contributed by atoms with E-state index in [9.17, 15) is 8.78 Å². The van der Waals surface area contributed by atoms with Gasteiger partial charge >= 0.3 is 0 Å². The van der Waals surface area contributed by atoms with Crippen LogP contribution < -0.4 is 14.8 Å². The highest BCUT2D eigenvalue weighted by molar-refractivity contribution is 7.19. The zero-order chi connectivity index (χ0) is 16.4. The normalized spacial score (nSPS) is 11.5. The molecule has 3 rings (SSSR count). The Kier molecular flexibility index (Phi) is 4.58. The number of fused-ring (bicyclic) bond motifs is 2. The van der Waals surface area contributed by atoms with Gasteiger partial charge in [-0.2, -0.15) is 0 Å². The predicted octanol–water partition coefficient (Wildman–Crippen LogP) is 3.82. The second kappa shape index (κ2) is 6.64. The van der Waals surface area contributed by atoms with Crippen molar-refractivity contribution in [1.29, 1.82) is 0 Å². The summed E-state index contributed by atoms with van der Waals surface area (Å²) in [5.41, 5.74) is 0. The number of methoxy groups -OCH3 is 2. The Hall–Kier alpha value is -1.99. The molecule has 0 aliphatic heterocycles. The monoisotopic (exact) mass is 338 g/mol. The fourth-order valence-corrected chi connectivity index (χ4v) is 3.80. The number of pyridine rings is 1. The first-order chi connectivity index (χ1) is 11.2. The van der Waals surface area contributed by atoms with Crippen LogP contribution in [0.1, 0.15) is 4.88 Å². The van der Waals surface area contributed by atoms with Crippen molar-refractivity contribution in [2.75, 3.05) is 20.8 Å². The fraction of sp³-hybridized carbons (Fsp3) is 0.312. The van der Waals surface area contributed by atoms with E-state index >= 15 is 0 Å². The molecule has 2 heterocycles. The minimum absolute atomic E-state index is 0.325. The molecule has 0 atom stereocenters. The van der Waals surface area contributed by atoms with E-state index < -0.39 is 6.43 Å². The Morgan fingerprint density at radius 1 is 1.17 bits per heavy atom. The Morgan fingerprint density at radius 2 is 1.96 bits per heavy atom. The second-order valence-corrected chi connectivity index (χ2v) is 6.10. The lowest BCUT2D eigenvalue weighted by molar-refractivity contribution is 0.145. The van der Waals surface area contributed by atoms with Crippen LogP contribution in [0.4, 0.5) is 8.78 Å². The fourth-order valence-electron chi connectivity index (χ4n) is 2.63. The average molecular weight is 338 g/mol. The number of thiophene rings is 1. The van der Waals surface area contributed by atoms with Gasteiger partial charge in [0.25, 0.3) is 6.43 Å². The Bertz CT molecular complexity index is 775. The molecule has 122 valence electrons. The summed E-state index contributed by atoms with van der Waals surface area (Å²) in [6.45, 7) is 0.0546. The van der Waals surface area contributed by atoms with Crippen molar-refractivity contribution in [1.82, 2.24) is 10.3 Å². The number of hydrogen-bond acceptors (Lipinski definition) is 5. The zero-order valence-corrected chi connectivity index (χ0v) is 13.5. The van der Waals surface area contributed by atoms with E-state index in [-0.39, 0.29) is 6.54 Å². The third-order valence-electron chi connectivity index (χ3n) is 3.55. The maximum absolute atomic E-state index is 12.3. The van der Waals surface area contributed by atoms with Crippen molar-refractivity contribution in [2.45, 2.75) is 13.0 Å². The maximum atomic E-state index is 12.3. The van der Waals surface area contributed by atoms with Crippen LogP contribution in [0, 0.1) is 0 Å². The van der Waals surface area contributed by atoms with E-state index in [0.29, 0.717) is 6.54 Å². The molecular weight excluding hydrogens is 322 g/mol. The SMILES string of the molecule is COc1c2cnccc2c(OC)c2sc(CNCC(F)F)cc12. The number of halogens is 2. The molecule has 0 saturated carbocycles. The first kappa shape index (κ1) is 15.9. The lowest BCUT2D eigenvalue weighted by Gasteiger charge is -2.11. The molecule has 1 aromatic carbocycles. The highest BCUT2D eigenvalue weighted by Gasteiger charge is 2.18. The van der Waals surface area contributed by atoms with Crippen molar-refractivity contribution in [3.63, 3.8) is 0 Å². The largest absolute Gasteiger partial charge is 0.495 e. The number of rotatable bonds is 6. The second-order valence-electron chi connectivity index (χ2n) is 4.97. The summed E-state index contributed by atoms with van der Waals surface area (Å²) >= 11 is 1.51. The molecule has 0 spiro atoms. The van der Waals surface area contributed by atoms with Crippen LogP contribution >= 0.6 is 11.3 Å². The minimum atomic E-state index is -2.36. The average Bonchev–Trinajstić information content (AvgIpc) is 2.95. The van der Waals surface area contributed by atoms with Crippen molar-refractivity contribution < 1.29 is 18.3 Å². The summed E-state index contributed by atoms with van der Waals surface area (Å²) < 4.78 is 36.6. The number of hydrogen-bond donors (Lipinski definition) is 1. The van der Waals surface area contributed by atoms with E-state index in [1.165, 1.54) is 11.3 Å². The van der Waals surface area contributed by atoms with Gasteiger partial charge in [-0.15, -0.1) is 11.3 Å². The molecule has 7 heteroatoms. The molecule has 0 saturated heterocycles. The van der Waals surface area contributed by atoms with Gasteiger partial charge in [0.1, 0.15) is 11.5 Å². The van der Waals surface area contributed by atoms with Crippen LogP contribution in [0.3, 0.4) is 0 Å². The standard InChI is InChI=1S/C16H16F2N2O2S/c1-21-14-11-5-9(6-20-8-13(17)18)23-16(11)15(22-2)10-3-4-19-7-12(10)14/h3-5,7,13,20H,6,8H2,1-2H3. The molecular formula is C16H16F2N2O2S. The first-order valence-corrected chi connectivity index (χ1v) is 7.86. The smallest absolute Gasteiger partial charge is 0.250 e. The molecule has 23 heavy (non-hydrogen) atoms. The zero-order valence-electron chi connectivity index (χ0n) is 12.7. The van der Waals surface area contributed by atoms with Gasteiger partial charge in [0, 0.05) is 40.0 Å². The molecule has 0 radical (unpaired) electrons. The van der Waals surface area contributed by atoms with E-state index in [0.717, 1.165) is 37.2 Å². The Balaban J connectivity index is 2.14. The number of nitrogens with zero attached hydrogens (tertiary/aromatic N) is 1. The summed E-state index contributed by atoms with van der Waals surface area (Å²) in [6, 6.07) is 3.83. The van der Waals surface area contributed by atoms with E-state index in [4.69, 9.17) is 9.47 Å². The topological polar surface area (TPSA) is 43.4 Å². The molecule has 0 aliphatic rings. The summed E-state index contributed by atoms with van der Waals surface area (Å²) in [5, 5.41) is 5.43. The molecule has 0 aliphatic carbocycles. The molecule has 0 amide bonds. The number of ether oxygens (including phenoxy) is 2. The van der Waals surface area contributed by atoms with Gasteiger partial charge < -0.3 is 14.8 Å². The van der Waals surface area contributed by atoms with E-state index in [1.54, 1.807) is 26.6 Å². The summed E-state index contributed by atoms with van der Waals surface area (Å²) in [6.07, 6.45) is 1.08. The van der Waals surface area contributed by atoms with Crippen molar-refractivity contribution in [3.8, 4) is 11.5 Å². The number of alkyl halides is 2. The molecule has 2 aromatic heterocycles. The van der Waals surface area contributed by atoms with E-state index in [1.807, 2.05) is 12.1 Å². The maximum Gasteiger partial charge on any atom is 0.250 e. The predicted molar refractivity (Wildman–Crippen MR) is 87.9 cm³/mol. The van der Waals surface area contributed by atoms with Gasteiger partial charge in [0.05, 0.1) is 25.5 Å². The Labute approximate surface area is 136 Å². The third-order valence-corrected chi connectivity index (χ3v) is 4.68. The van der Waals surface area contributed by atoms with Gasteiger partial charge in [0.2, 0.25) is 0 Å². The quantitative estimate of drug-likeness (QED) is 0.742. The lowest BCUT2D eigenvalue weighted by atomic mass is 10.1. The van der Waals surface area contributed by atoms with Gasteiger partial charge in [-0.1, -0.05) is 0 Å². The minimum Gasteiger partial charge on any atom is -0.495 e. The molecule has 0 bridgehead atoms. The summed E-state index contributed by atoms with van der Waals surface area (Å²) in [7, 11) is 3.23. The van der Waals surface area contributed by atoms with Gasteiger partial charge in [-0.05, 0) is 12.1 Å². The van der Waals surface area contributed by atoms with Crippen LogP contribution in [0.25, 0.3) is 20.9 Å². The highest BCUT2D eigenvalue weighted by atomic mass is 32.1. The van der Waals surface area contributed by atoms with Gasteiger partial charge in [-0.3, -0.25) is 4.98 Å². The molecule has 0 unspecified atom stereocenters. The number of benzene rings is 1. The van der Waals surface area contributed by atoms with Gasteiger partial charge in [-0.25, -0.2) is 8.78 Å². The van der Waals surface area contributed by atoms with Crippen LogP contribution in [0.2, 0.25) is 0 Å². The number of aromatic nitrogens is 1. The van der Waals surface area contributed by atoms with Crippen LogP contribution in [0.5, 0.6) is 11.5 Å². The third kappa shape index (κ3) is 2.94.